The largest absolute Gasteiger partial charge is 0.371 e. The molecule has 0 spiro atoms. The SMILES string of the molecule is CCOC(C)c1noc(CNC(=NC)N(C)Cc2ccc(Br)cc2)n1.I. The molecule has 0 bridgehead atoms. The quantitative estimate of drug-likeness (QED) is 0.329. The molecular formula is C17H25BrIN5O2. The van der Waals surface area contributed by atoms with Crippen LogP contribution in [-0.2, 0) is 17.8 Å². The Balaban J connectivity index is 0.00000338. The molecule has 7 nitrogen and oxygen atoms in total. The van der Waals surface area contributed by atoms with Crippen LogP contribution in [0.1, 0.15) is 37.2 Å². The number of aliphatic imine (C=N–C) groups is 1. The van der Waals surface area contributed by atoms with E-state index in [0.29, 0.717) is 24.9 Å². The van der Waals surface area contributed by atoms with Gasteiger partial charge in [-0.05, 0) is 31.5 Å². The molecule has 1 N–H and O–H groups in total. The first-order valence-electron chi connectivity index (χ1n) is 8.13. The maximum atomic E-state index is 5.46. The number of rotatable bonds is 7. The molecule has 2 rings (SSSR count). The van der Waals surface area contributed by atoms with E-state index in [2.05, 4.69) is 48.5 Å². The number of guanidine groups is 1. The topological polar surface area (TPSA) is 75.8 Å². The molecular weight excluding hydrogens is 513 g/mol. The van der Waals surface area contributed by atoms with Crippen molar-refractivity contribution in [3.63, 3.8) is 0 Å². The third-order valence-corrected chi connectivity index (χ3v) is 4.10. The van der Waals surface area contributed by atoms with E-state index in [0.717, 1.165) is 17.0 Å². The molecule has 1 heterocycles. The van der Waals surface area contributed by atoms with Gasteiger partial charge in [0.05, 0.1) is 6.54 Å². The molecule has 26 heavy (non-hydrogen) atoms. The molecule has 1 aromatic carbocycles. The highest BCUT2D eigenvalue weighted by molar-refractivity contribution is 14.0. The maximum absolute atomic E-state index is 5.46. The van der Waals surface area contributed by atoms with Crippen LogP contribution in [0.4, 0.5) is 0 Å². The second-order valence-electron chi connectivity index (χ2n) is 5.53. The summed E-state index contributed by atoms with van der Waals surface area (Å²) in [5.41, 5.74) is 1.19. The van der Waals surface area contributed by atoms with Gasteiger partial charge >= 0.3 is 0 Å². The van der Waals surface area contributed by atoms with Crippen LogP contribution in [0.5, 0.6) is 0 Å². The van der Waals surface area contributed by atoms with E-state index in [-0.39, 0.29) is 30.1 Å². The Morgan fingerprint density at radius 2 is 2.08 bits per heavy atom. The van der Waals surface area contributed by atoms with Gasteiger partial charge in [0.25, 0.3) is 0 Å². The van der Waals surface area contributed by atoms with E-state index in [1.807, 2.05) is 37.9 Å². The first-order chi connectivity index (χ1) is 12.0. The van der Waals surface area contributed by atoms with E-state index >= 15 is 0 Å². The molecule has 0 aliphatic heterocycles. The van der Waals surface area contributed by atoms with Crippen LogP contribution in [0, 0.1) is 0 Å². The molecule has 144 valence electrons. The van der Waals surface area contributed by atoms with Gasteiger partial charge in [-0.2, -0.15) is 4.98 Å². The highest BCUT2D eigenvalue weighted by Crippen LogP contribution is 2.13. The van der Waals surface area contributed by atoms with Crippen molar-refractivity contribution in [3.8, 4) is 0 Å². The van der Waals surface area contributed by atoms with E-state index in [9.17, 15) is 0 Å². The van der Waals surface area contributed by atoms with E-state index in [4.69, 9.17) is 9.26 Å². The summed E-state index contributed by atoms with van der Waals surface area (Å²) in [5.74, 6) is 1.80. The molecule has 0 aliphatic carbocycles. The standard InChI is InChI=1S/C17H24BrN5O2.HI/c1-5-24-12(2)16-21-15(25-22-16)10-20-17(19-3)23(4)11-13-6-8-14(18)9-7-13;/h6-9,12H,5,10-11H2,1-4H3,(H,19,20);1H. The third-order valence-electron chi connectivity index (χ3n) is 3.57. The van der Waals surface area contributed by atoms with Gasteiger partial charge in [0.1, 0.15) is 6.10 Å². The fourth-order valence-corrected chi connectivity index (χ4v) is 2.57. The number of halogens is 2. The monoisotopic (exact) mass is 537 g/mol. The zero-order valence-corrected chi connectivity index (χ0v) is 19.3. The molecule has 1 atom stereocenters. The number of benzene rings is 1. The maximum Gasteiger partial charge on any atom is 0.246 e. The summed E-state index contributed by atoms with van der Waals surface area (Å²) in [6.07, 6.45) is -0.179. The summed E-state index contributed by atoms with van der Waals surface area (Å²) in [6.45, 7) is 5.59. The number of nitrogens with zero attached hydrogens (tertiary/aromatic N) is 4. The van der Waals surface area contributed by atoms with Crippen LogP contribution in [0.3, 0.4) is 0 Å². The molecule has 1 aromatic heterocycles. The molecule has 0 saturated heterocycles. The summed E-state index contributed by atoms with van der Waals surface area (Å²) in [4.78, 5) is 10.7. The van der Waals surface area contributed by atoms with Gasteiger partial charge in [-0.15, -0.1) is 24.0 Å². The lowest BCUT2D eigenvalue weighted by atomic mass is 10.2. The zero-order chi connectivity index (χ0) is 18.2. The predicted octanol–water partition coefficient (Wildman–Crippen LogP) is 3.76. The van der Waals surface area contributed by atoms with Crippen molar-refractivity contribution >= 4 is 45.9 Å². The van der Waals surface area contributed by atoms with E-state index in [1.54, 1.807) is 7.05 Å². The third kappa shape index (κ3) is 6.84. The number of ether oxygens (including phenoxy) is 1. The van der Waals surface area contributed by atoms with Crippen LogP contribution in [0.2, 0.25) is 0 Å². The Kier molecular flexibility index (Phi) is 10.1. The molecule has 0 aliphatic rings. The van der Waals surface area contributed by atoms with Crippen LogP contribution >= 0.6 is 39.9 Å². The van der Waals surface area contributed by atoms with Crippen molar-refractivity contribution in [2.45, 2.75) is 33.0 Å². The van der Waals surface area contributed by atoms with Crippen LogP contribution in [-0.4, -0.2) is 41.7 Å². The van der Waals surface area contributed by atoms with Gasteiger partial charge < -0.3 is 19.5 Å². The molecule has 0 saturated carbocycles. The number of aromatic nitrogens is 2. The second-order valence-corrected chi connectivity index (χ2v) is 6.44. The number of nitrogens with one attached hydrogen (secondary N) is 1. The summed E-state index contributed by atoms with van der Waals surface area (Å²) >= 11 is 3.44. The molecule has 0 radical (unpaired) electrons. The van der Waals surface area contributed by atoms with Crippen molar-refractivity contribution in [1.29, 1.82) is 0 Å². The van der Waals surface area contributed by atoms with Crippen molar-refractivity contribution in [2.75, 3.05) is 20.7 Å². The summed E-state index contributed by atoms with van der Waals surface area (Å²) in [6, 6.07) is 8.21. The Hall–Kier alpha value is -1.20. The van der Waals surface area contributed by atoms with Crippen LogP contribution in [0.15, 0.2) is 38.3 Å². The lowest BCUT2D eigenvalue weighted by Gasteiger charge is -2.21. The van der Waals surface area contributed by atoms with Crippen molar-refractivity contribution < 1.29 is 9.26 Å². The van der Waals surface area contributed by atoms with Crippen molar-refractivity contribution in [3.05, 3.63) is 46.0 Å². The highest BCUT2D eigenvalue weighted by Gasteiger charge is 2.14. The predicted molar refractivity (Wildman–Crippen MR) is 116 cm³/mol. The smallest absolute Gasteiger partial charge is 0.246 e. The van der Waals surface area contributed by atoms with Crippen molar-refractivity contribution in [2.24, 2.45) is 4.99 Å². The van der Waals surface area contributed by atoms with Crippen LogP contribution < -0.4 is 5.32 Å². The van der Waals surface area contributed by atoms with E-state index in [1.165, 1.54) is 5.56 Å². The van der Waals surface area contributed by atoms with Gasteiger partial charge in [0.15, 0.2) is 11.8 Å². The summed E-state index contributed by atoms with van der Waals surface area (Å²) in [5, 5.41) is 7.18. The minimum absolute atomic E-state index is 0. The molecule has 2 aromatic rings. The number of hydrogen-bond donors (Lipinski definition) is 1. The molecule has 0 fully saturated rings. The second kappa shape index (κ2) is 11.5. The molecule has 1 unspecified atom stereocenters. The first kappa shape index (κ1) is 22.8. The normalized spacial score (nSPS) is 12.4. The fourth-order valence-electron chi connectivity index (χ4n) is 2.31. The first-order valence-corrected chi connectivity index (χ1v) is 8.93. The van der Waals surface area contributed by atoms with Gasteiger partial charge in [-0.25, -0.2) is 0 Å². The summed E-state index contributed by atoms with van der Waals surface area (Å²) < 4.78 is 11.8. The van der Waals surface area contributed by atoms with E-state index < -0.39 is 0 Å². The Labute approximate surface area is 179 Å². The van der Waals surface area contributed by atoms with Crippen molar-refractivity contribution in [1.82, 2.24) is 20.4 Å². The minimum atomic E-state index is -0.179. The average Bonchev–Trinajstić information content (AvgIpc) is 3.07. The summed E-state index contributed by atoms with van der Waals surface area (Å²) in [7, 11) is 3.73. The average molecular weight is 538 g/mol. The number of hydrogen-bond acceptors (Lipinski definition) is 5. The Morgan fingerprint density at radius 1 is 1.38 bits per heavy atom. The lowest BCUT2D eigenvalue weighted by Crippen LogP contribution is -2.38. The highest BCUT2D eigenvalue weighted by atomic mass is 127. The molecule has 9 heteroatoms. The fraction of sp³-hybridized carbons (Fsp3) is 0.471. The van der Waals surface area contributed by atoms with Crippen LogP contribution in [0.25, 0.3) is 0 Å². The minimum Gasteiger partial charge on any atom is -0.371 e. The van der Waals surface area contributed by atoms with Gasteiger partial charge in [-0.1, -0.05) is 33.2 Å². The Bertz CT molecular complexity index is 693. The lowest BCUT2D eigenvalue weighted by molar-refractivity contribution is 0.0683. The van der Waals surface area contributed by atoms with Gasteiger partial charge in [-0.3, -0.25) is 4.99 Å². The zero-order valence-electron chi connectivity index (χ0n) is 15.4. The molecule has 0 amide bonds. The van der Waals surface area contributed by atoms with Gasteiger partial charge in [0, 0.05) is 31.7 Å². The Morgan fingerprint density at radius 3 is 2.69 bits per heavy atom. The van der Waals surface area contributed by atoms with Gasteiger partial charge in [0.2, 0.25) is 5.89 Å².